The van der Waals surface area contributed by atoms with Crippen LogP contribution in [0, 0.1) is 6.92 Å². The predicted octanol–water partition coefficient (Wildman–Crippen LogP) is 4.61. The highest BCUT2D eigenvalue weighted by molar-refractivity contribution is 5.85. The first kappa shape index (κ1) is 14.3. The molecule has 0 heterocycles. The van der Waals surface area contributed by atoms with Gasteiger partial charge in [-0.25, -0.2) is 0 Å². The van der Waals surface area contributed by atoms with Crippen LogP contribution in [-0.4, -0.2) is 18.3 Å². The van der Waals surface area contributed by atoms with Gasteiger partial charge in [0.25, 0.3) is 0 Å². The standard InChI is InChI=1S/C20H20N2/c1-16-10-12-17(13-11-16)14-21-22(2)15-19-8-5-7-18-6-3-4-9-20(18)19/h3-14H,15H2,1-2H3/b21-14-. The molecular weight excluding hydrogens is 268 g/mol. The number of hydrazone groups is 1. The van der Waals surface area contributed by atoms with Gasteiger partial charge in [0.2, 0.25) is 0 Å². The highest BCUT2D eigenvalue weighted by atomic mass is 15.4. The maximum Gasteiger partial charge on any atom is 0.0613 e. The first-order valence-corrected chi connectivity index (χ1v) is 7.51. The number of hydrogen-bond acceptors (Lipinski definition) is 2. The van der Waals surface area contributed by atoms with Crippen molar-refractivity contribution in [1.82, 2.24) is 5.01 Å². The molecule has 3 aromatic carbocycles. The Morgan fingerprint density at radius 1 is 0.909 bits per heavy atom. The van der Waals surface area contributed by atoms with Crippen LogP contribution in [0.2, 0.25) is 0 Å². The maximum absolute atomic E-state index is 4.53. The van der Waals surface area contributed by atoms with Gasteiger partial charge in [0.1, 0.15) is 0 Å². The minimum atomic E-state index is 0.795. The molecular formula is C20H20N2. The molecule has 0 aliphatic carbocycles. The summed E-state index contributed by atoms with van der Waals surface area (Å²) in [5.74, 6) is 0. The van der Waals surface area contributed by atoms with Crippen LogP contribution in [0.1, 0.15) is 16.7 Å². The van der Waals surface area contributed by atoms with Crippen molar-refractivity contribution < 1.29 is 0 Å². The van der Waals surface area contributed by atoms with E-state index in [1.807, 2.05) is 18.3 Å². The average molecular weight is 288 g/mol. The van der Waals surface area contributed by atoms with E-state index in [2.05, 4.69) is 78.8 Å². The Morgan fingerprint density at radius 3 is 2.45 bits per heavy atom. The van der Waals surface area contributed by atoms with E-state index < -0.39 is 0 Å². The van der Waals surface area contributed by atoms with E-state index in [1.54, 1.807) is 0 Å². The monoisotopic (exact) mass is 288 g/mol. The third-order valence-electron chi connectivity index (χ3n) is 3.76. The molecule has 0 aliphatic rings. The first-order chi connectivity index (χ1) is 10.7. The van der Waals surface area contributed by atoms with Crippen LogP contribution < -0.4 is 0 Å². The molecule has 0 bridgehead atoms. The molecule has 3 rings (SSSR count). The molecule has 0 saturated carbocycles. The Kier molecular flexibility index (Phi) is 4.19. The molecule has 0 atom stereocenters. The first-order valence-electron chi connectivity index (χ1n) is 7.51. The van der Waals surface area contributed by atoms with Crippen LogP contribution in [0.15, 0.2) is 71.8 Å². The van der Waals surface area contributed by atoms with Crippen LogP contribution in [0.25, 0.3) is 10.8 Å². The Morgan fingerprint density at radius 2 is 1.64 bits per heavy atom. The number of rotatable bonds is 4. The van der Waals surface area contributed by atoms with Crippen molar-refractivity contribution in [3.05, 3.63) is 83.4 Å². The summed E-state index contributed by atoms with van der Waals surface area (Å²) in [4.78, 5) is 0. The summed E-state index contributed by atoms with van der Waals surface area (Å²) in [5, 5.41) is 9.08. The lowest BCUT2D eigenvalue weighted by molar-refractivity contribution is 0.350. The van der Waals surface area contributed by atoms with Gasteiger partial charge < -0.3 is 0 Å². The fourth-order valence-corrected chi connectivity index (χ4v) is 2.54. The lowest BCUT2D eigenvalue weighted by Crippen LogP contribution is -2.11. The molecule has 0 N–H and O–H groups in total. The topological polar surface area (TPSA) is 15.6 Å². The molecule has 0 spiro atoms. The summed E-state index contributed by atoms with van der Waals surface area (Å²) in [6.07, 6.45) is 1.91. The van der Waals surface area contributed by atoms with Crippen molar-refractivity contribution in [2.75, 3.05) is 7.05 Å². The molecule has 0 amide bonds. The van der Waals surface area contributed by atoms with Crippen molar-refractivity contribution in [3.8, 4) is 0 Å². The second kappa shape index (κ2) is 6.44. The van der Waals surface area contributed by atoms with Gasteiger partial charge in [-0.05, 0) is 28.8 Å². The Bertz CT molecular complexity index is 783. The van der Waals surface area contributed by atoms with Gasteiger partial charge in [-0.3, -0.25) is 5.01 Å². The van der Waals surface area contributed by atoms with E-state index in [-0.39, 0.29) is 0 Å². The number of aryl methyl sites for hydroxylation is 1. The third-order valence-corrected chi connectivity index (χ3v) is 3.76. The zero-order valence-corrected chi connectivity index (χ0v) is 13.0. The van der Waals surface area contributed by atoms with Gasteiger partial charge >= 0.3 is 0 Å². The summed E-state index contributed by atoms with van der Waals surface area (Å²) >= 11 is 0. The fraction of sp³-hybridized carbons (Fsp3) is 0.150. The van der Waals surface area contributed by atoms with Crippen LogP contribution in [0.5, 0.6) is 0 Å². The average Bonchev–Trinajstić information content (AvgIpc) is 2.55. The minimum absolute atomic E-state index is 0.795. The summed E-state index contributed by atoms with van der Waals surface area (Å²) in [6, 6.07) is 23.3. The minimum Gasteiger partial charge on any atom is -0.296 e. The van der Waals surface area contributed by atoms with Crippen LogP contribution >= 0.6 is 0 Å². The molecule has 110 valence electrons. The highest BCUT2D eigenvalue weighted by Gasteiger charge is 2.02. The maximum atomic E-state index is 4.53. The lowest BCUT2D eigenvalue weighted by Gasteiger charge is -2.14. The van der Waals surface area contributed by atoms with E-state index in [0.717, 1.165) is 12.1 Å². The second-order valence-corrected chi connectivity index (χ2v) is 5.61. The summed E-state index contributed by atoms with van der Waals surface area (Å²) < 4.78 is 0. The van der Waals surface area contributed by atoms with Gasteiger partial charge in [-0.15, -0.1) is 0 Å². The summed E-state index contributed by atoms with van der Waals surface area (Å²) in [6.45, 7) is 2.89. The quantitative estimate of drug-likeness (QED) is 0.505. The predicted molar refractivity (Wildman–Crippen MR) is 94.2 cm³/mol. The van der Waals surface area contributed by atoms with Gasteiger partial charge in [-0.1, -0.05) is 72.3 Å². The summed E-state index contributed by atoms with van der Waals surface area (Å²) in [5.41, 5.74) is 3.68. The van der Waals surface area contributed by atoms with Crippen LogP contribution in [0.3, 0.4) is 0 Å². The molecule has 0 aliphatic heterocycles. The molecule has 0 fully saturated rings. The Balaban J connectivity index is 1.75. The van der Waals surface area contributed by atoms with Gasteiger partial charge in [0, 0.05) is 7.05 Å². The van der Waals surface area contributed by atoms with Crippen molar-refractivity contribution >= 4 is 17.0 Å². The molecule has 3 aromatic rings. The molecule has 22 heavy (non-hydrogen) atoms. The van der Waals surface area contributed by atoms with Gasteiger partial charge in [0.05, 0.1) is 12.8 Å². The third kappa shape index (κ3) is 3.34. The van der Waals surface area contributed by atoms with E-state index in [0.29, 0.717) is 0 Å². The van der Waals surface area contributed by atoms with Crippen molar-refractivity contribution in [2.45, 2.75) is 13.5 Å². The van der Waals surface area contributed by atoms with E-state index in [9.17, 15) is 0 Å². The lowest BCUT2D eigenvalue weighted by atomic mass is 10.0. The van der Waals surface area contributed by atoms with Crippen molar-refractivity contribution in [2.24, 2.45) is 5.10 Å². The number of hydrogen-bond donors (Lipinski definition) is 0. The summed E-state index contributed by atoms with van der Waals surface area (Å²) in [7, 11) is 2.01. The zero-order chi connectivity index (χ0) is 15.4. The Hall–Kier alpha value is -2.61. The number of nitrogens with zero attached hydrogens (tertiary/aromatic N) is 2. The largest absolute Gasteiger partial charge is 0.296 e. The fourth-order valence-electron chi connectivity index (χ4n) is 2.54. The van der Waals surface area contributed by atoms with Crippen LogP contribution in [0.4, 0.5) is 0 Å². The smallest absolute Gasteiger partial charge is 0.0613 e. The molecule has 0 unspecified atom stereocenters. The second-order valence-electron chi connectivity index (χ2n) is 5.61. The van der Waals surface area contributed by atoms with E-state index in [1.165, 1.54) is 21.9 Å². The number of fused-ring (bicyclic) bond motifs is 1. The highest BCUT2D eigenvalue weighted by Crippen LogP contribution is 2.19. The molecule has 0 aromatic heterocycles. The van der Waals surface area contributed by atoms with Crippen LogP contribution in [-0.2, 0) is 6.54 Å². The van der Waals surface area contributed by atoms with E-state index >= 15 is 0 Å². The molecule has 2 heteroatoms. The normalized spacial score (nSPS) is 11.2. The van der Waals surface area contributed by atoms with Gasteiger partial charge in [-0.2, -0.15) is 5.10 Å². The Labute approximate surface area is 131 Å². The zero-order valence-electron chi connectivity index (χ0n) is 13.0. The number of benzene rings is 3. The van der Waals surface area contributed by atoms with E-state index in [4.69, 9.17) is 0 Å². The molecule has 0 saturated heterocycles. The van der Waals surface area contributed by atoms with Gasteiger partial charge in [0.15, 0.2) is 0 Å². The van der Waals surface area contributed by atoms with Crippen molar-refractivity contribution in [1.29, 1.82) is 0 Å². The molecule has 0 radical (unpaired) electrons. The SMILES string of the molecule is Cc1ccc(/C=N\N(C)Cc2cccc3ccccc23)cc1. The van der Waals surface area contributed by atoms with Crippen molar-refractivity contribution in [3.63, 3.8) is 0 Å². The molecule has 2 nitrogen and oxygen atoms in total.